The number of nitrogens with one attached hydrogen (secondary N) is 1. The Morgan fingerprint density at radius 3 is 2.44 bits per heavy atom. The van der Waals surface area contributed by atoms with E-state index in [0.29, 0.717) is 17.8 Å². The van der Waals surface area contributed by atoms with Crippen molar-refractivity contribution in [2.45, 2.75) is 64.5 Å². The van der Waals surface area contributed by atoms with E-state index in [2.05, 4.69) is 5.32 Å². The highest BCUT2D eigenvalue weighted by molar-refractivity contribution is 5.68. The number of ether oxygens (including phenoxy) is 1. The Morgan fingerprint density at radius 2 is 1.94 bits per heavy atom. The fourth-order valence-electron chi connectivity index (χ4n) is 3.36. The lowest BCUT2D eigenvalue weighted by molar-refractivity contribution is -0.112. The van der Waals surface area contributed by atoms with Crippen LogP contribution in [0.25, 0.3) is 0 Å². The van der Waals surface area contributed by atoms with Gasteiger partial charge in [-0.25, -0.2) is 4.79 Å². The number of alkyl carbamates (subject to hydrolysis) is 1. The second-order valence-corrected chi connectivity index (χ2v) is 6.93. The molecule has 1 N–H and O–H groups in total. The molecule has 0 aromatic heterocycles. The molecule has 2 aliphatic rings. The Bertz CT molecular complexity index is 331. The van der Waals surface area contributed by atoms with Gasteiger partial charge in [0.2, 0.25) is 0 Å². The number of hydrogen-bond acceptors (Lipinski definition) is 3. The van der Waals surface area contributed by atoms with Crippen LogP contribution in [0.1, 0.15) is 52.9 Å². The van der Waals surface area contributed by atoms with Gasteiger partial charge in [-0.1, -0.05) is 0 Å². The first-order valence-electron chi connectivity index (χ1n) is 6.75. The quantitative estimate of drug-likeness (QED) is 0.787. The van der Waals surface area contributed by atoms with Crippen LogP contribution in [0.3, 0.4) is 0 Å². The molecule has 0 atom stereocenters. The summed E-state index contributed by atoms with van der Waals surface area (Å²) in [6, 6.07) is 0.261. The number of amides is 1. The minimum Gasteiger partial charge on any atom is -0.444 e. The normalized spacial score (nSPS) is 34.4. The summed E-state index contributed by atoms with van der Waals surface area (Å²) in [6.45, 7) is 5.60. The Hall–Kier alpha value is -1.06. The van der Waals surface area contributed by atoms with E-state index in [-0.39, 0.29) is 12.1 Å². The number of carbonyl (C=O) groups is 2. The van der Waals surface area contributed by atoms with Crippen molar-refractivity contribution in [3.8, 4) is 0 Å². The van der Waals surface area contributed by atoms with Gasteiger partial charge in [-0.2, -0.15) is 0 Å². The van der Waals surface area contributed by atoms with Gasteiger partial charge >= 0.3 is 6.09 Å². The number of hydrogen-bond donors (Lipinski definition) is 1. The average molecular weight is 253 g/mol. The lowest BCUT2D eigenvalue weighted by Crippen LogP contribution is -2.56. The van der Waals surface area contributed by atoms with E-state index in [9.17, 15) is 9.59 Å². The topological polar surface area (TPSA) is 55.4 Å². The zero-order valence-corrected chi connectivity index (χ0v) is 11.5. The van der Waals surface area contributed by atoms with Crippen molar-refractivity contribution >= 4 is 12.4 Å². The smallest absolute Gasteiger partial charge is 0.407 e. The van der Waals surface area contributed by atoms with Crippen molar-refractivity contribution < 1.29 is 14.3 Å². The molecule has 0 aromatic rings. The molecule has 0 aliphatic heterocycles. The molecule has 0 radical (unpaired) electrons. The molecule has 2 fully saturated rings. The van der Waals surface area contributed by atoms with Crippen LogP contribution in [0.15, 0.2) is 0 Å². The van der Waals surface area contributed by atoms with Gasteiger partial charge in [-0.3, -0.25) is 0 Å². The van der Waals surface area contributed by atoms with Crippen molar-refractivity contribution in [3.05, 3.63) is 0 Å². The molecule has 102 valence electrons. The third-order valence-electron chi connectivity index (χ3n) is 3.95. The Kier molecular flexibility index (Phi) is 3.39. The number of aldehydes is 1. The first kappa shape index (κ1) is 13.4. The predicted octanol–water partition coefficient (Wildman–Crippen LogP) is 2.66. The molecule has 0 aromatic carbocycles. The summed E-state index contributed by atoms with van der Waals surface area (Å²) in [5.74, 6) is 0.588. The van der Waals surface area contributed by atoms with Crippen LogP contribution in [0.4, 0.5) is 4.79 Å². The number of rotatable bonds is 3. The molecule has 2 saturated carbocycles. The van der Waals surface area contributed by atoms with Crippen molar-refractivity contribution in [2.24, 2.45) is 11.3 Å². The van der Waals surface area contributed by atoms with Gasteiger partial charge < -0.3 is 14.8 Å². The standard InChI is InChI=1S/C14H23NO3/c1-13(2,3)18-12(17)15-11-8-14(9-11)6-10(7-14)4-5-16/h5,10-11H,4,6-9H2,1-3H3,(H,15,17). The SMILES string of the molecule is CC(C)(C)OC(=O)NC1CC2(CC(CC=O)C2)C1. The van der Waals surface area contributed by atoms with Crippen molar-refractivity contribution in [1.82, 2.24) is 5.32 Å². The van der Waals surface area contributed by atoms with Crippen LogP contribution in [0.5, 0.6) is 0 Å². The largest absolute Gasteiger partial charge is 0.444 e. The maximum absolute atomic E-state index is 11.6. The molecule has 18 heavy (non-hydrogen) atoms. The fraction of sp³-hybridized carbons (Fsp3) is 0.857. The first-order valence-corrected chi connectivity index (χ1v) is 6.75. The van der Waals surface area contributed by atoms with Crippen LogP contribution in [-0.4, -0.2) is 24.0 Å². The molecule has 1 amide bonds. The van der Waals surface area contributed by atoms with Crippen LogP contribution < -0.4 is 5.32 Å². The lowest BCUT2D eigenvalue weighted by atomic mass is 9.49. The third kappa shape index (κ3) is 3.03. The van der Waals surface area contributed by atoms with E-state index < -0.39 is 5.60 Å². The summed E-state index contributed by atoms with van der Waals surface area (Å²) in [4.78, 5) is 22.0. The molecule has 1 spiro atoms. The Labute approximate surface area is 108 Å². The fourth-order valence-corrected chi connectivity index (χ4v) is 3.36. The van der Waals surface area contributed by atoms with Gasteiger partial charge in [0.15, 0.2) is 0 Å². The van der Waals surface area contributed by atoms with Crippen molar-refractivity contribution in [1.29, 1.82) is 0 Å². The van der Waals surface area contributed by atoms with E-state index >= 15 is 0 Å². The highest BCUT2D eigenvalue weighted by Crippen LogP contribution is 2.59. The zero-order chi connectivity index (χ0) is 13.4. The highest BCUT2D eigenvalue weighted by Gasteiger charge is 2.52. The Morgan fingerprint density at radius 1 is 1.33 bits per heavy atom. The molecule has 0 unspecified atom stereocenters. The van der Waals surface area contributed by atoms with Gasteiger partial charge in [-0.15, -0.1) is 0 Å². The Balaban J connectivity index is 1.65. The van der Waals surface area contributed by atoms with E-state index in [1.54, 1.807) is 0 Å². The van der Waals surface area contributed by atoms with Crippen molar-refractivity contribution in [3.63, 3.8) is 0 Å². The molecular formula is C14H23NO3. The van der Waals surface area contributed by atoms with E-state index in [1.807, 2.05) is 20.8 Å². The first-order chi connectivity index (χ1) is 8.32. The summed E-state index contributed by atoms with van der Waals surface area (Å²) in [5.41, 5.74) is -0.00952. The predicted molar refractivity (Wildman–Crippen MR) is 68.2 cm³/mol. The zero-order valence-electron chi connectivity index (χ0n) is 11.5. The highest BCUT2D eigenvalue weighted by atomic mass is 16.6. The minimum absolute atomic E-state index is 0.261. The summed E-state index contributed by atoms with van der Waals surface area (Å²) in [6.07, 6.45) is 5.80. The van der Waals surface area contributed by atoms with Gasteiger partial charge in [-0.05, 0) is 57.8 Å². The summed E-state index contributed by atoms with van der Waals surface area (Å²) in [7, 11) is 0. The molecule has 0 heterocycles. The molecule has 4 nitrogen and oxygen atoms in total. The molecule has 0 saturated heterocycles. The maximum Gasteiger partial charge on any atom is 0.407 e. The van der Waals surface area contributed by atoms with Gasteiger partial charge in [0.1, 0.15) is 11.9 Å². The van der Waals surface area contributed by atoms with Gasteiger partial charge in [0.05, 0.1) is 0 Å². The van der Waals surface area contributed by atoms with Crippen LogP contribution in [0.2, 0.25) is 0 Å². The summed E-state index contributed by atoms with van der Waals surface area (Å²) >= 11 is 0. The summed E-state index contributed by atoms with van der Waals surface area (Å²) < 4.78 is 5.23. The second-order valence-electron chi connectivity index (χ2n) is 6.93. The molecular weight excluding hydrogens is 230 g/mol. The maximum atomic E-state index is 11.6. The molecule has 2 aliphatic carbocycles. The lowest BCUT2D eigenvalue weighted by Gasteiger charge is -2.57. The molecule has 2 rings (SSSR count). The van der Waals surface area contributed by atoms with Crippen LogP contribution in [0, 0.1) is 11.3 Å². The molecule has 0 bridgehead atoms. The monoisotopic (exact) mass is 253 g/mol. The van der Waals surface area contributed by atoms with E-state index in [1.165, 1.54) is 0 Å². The third-order valence-corrected chi connectivity index (χ3v) is 3.95. The van der Waals surface area contributed by atoms with Crippen molar-refractivity contribution in [2.75, 3.05) is 0 Å². The van der Waals surface area contributed by atoms with Gasteiger partial charge in [0.25, 0.3) is 0 Å². The van der Waals surface area contributed by atoms with E-state index in [0.717, 1.165) is 32.0 Å². The summed E-state index contributed by atoms with van der Waals surface area (Å²) in [5, 5.41) is 2.91. The molecule has 4 heteroatoms. The average Bonchev–Trinajstić information content (AvgIpc) is 2.07. The van der Waals surface area contributed by atoms with Crippen LogP contribution in [-0.2, 0) is 9.53 Å². The van der Waals surface area contributed by atoms with E-state index in [4.69, 9.17) is 4.74 Å². The minimum atomic E-state index is -0.433. The number of carbonyl (C=O) groups excluding carboxylic acids is 2. The van der Waals surface area contributed by atoms with Crippen LogP contribution >= 0.6 is 0 Å². The second kappa shape index (κ2) is 4.56. The van der Waals surface area contributed by atoms with Gasteiger partial charge in [0, 0.05) is 12.5 Å².